The summed E-state index contributed by atoms with van der Waals surface area (Å²) in [4.78, 5) is 12.2. The average molecular weight is 270 g/mol. The van der Waals surface area contributed by atoms with Crippen molar-refractivity contribution in [2.24, 2.45) is 5.92 Å². The number of hydrogen-bond acceptors (Lipinski definition) is 3. The van der Waals surface area contributed by atoms with Crippen LogP contribution in [0.25, 0.3) is 5.69 Å². The van der Waals surface area contributed by atoms with E-state index in [1.54, 1.807) is 17.1 Å². The molecule has 20 heavy (non-hydrogen) atoms. The normalized spacial score (nSPS) is 21.9. The molecule has 0 spiro atoms. The third-order valence-electron chi connectivity index (χ3n) is 3.70. The number of amides is 1. The van der Waals surface area contributed by atoms with Crippen LogP contribution in [0.3, 0.4) is 0 Å². The number of nitrogens with one attached hydrogen (secondary N) is 2. The van der Waals surface area contributed by atoms with E-state index in [1.165, 1.54) is 0 Å². The predicted octanol–water partition coefficient (Wildman–Crippen LogP) is 1.21. The Morgan fingerprint density at radius 2 is 2.15 bits per heavy atom. The zero-order chi connectivity index (χ0) is 13.9. The zero-order valence-corrected chi connectivity index (χ0v) is 11.4. The summed E-state index contributed by atoms with van der Waals surface area (Å²) in [6.45, 7) is 3.92. The van der Waals surface area contributed by atoms with Crippen LogP contribution in [0.2, 0.25) is 0 Å². The van der Waals surface area contributed by atoms with E-state index < -0.39 is 0 Å². The molecule has 0 saturated carbocycles. The summed E-state index contributed by atoms with van der Waals surface area (Å²) in [5.74, 6) is 0.399. The standard InChI is InChI=1S/C15H18N4O/c1-11-7-16-9-14(11)18-15(20)12-8-17-19(10-12)13-5-3-2-4-6-13/h2-6,8,10-11,14,16H,7,9H2,1H3,(H,18,20). The van der Waals surface area contributed by atoms with Gasteiger partial charge in [0.15, 0.2) is 0 Å². The highest BCUT2D eigenvalue weighted by molar-refractivity contribution is 5.94. The molecule has 1 aliphatic heterocycles. The van der Waals surface area contributed by atoms with Gasteiger partial charge in [-0.3, -0.25) is 4.79 Å². The van der Waals surface area contributed by atoms with Crippen molar-refractivity contribution in [1.29, 1.82) is 0 Å². The molecule has 5 nitrogen and oxygen atoms in total. The quantitative estimate of drug-likeness (QED) is 0.881. The van der Waals surface area contributed by atoms with Gasteiger partial charge in [0.1, 0.15) is 0 Å². The molecule has 0 aliphatic carbocycles. The molecule has 0 bridgehead atoms. The lowest BCUT2D eigenvalue weighted by Gasteiger charge is -2.15. The third-order valence-corrected chi connectivity index (χ3v) is 3.70. The Morgan fingerprint density at radius 1 is 1.35 bits per heavy atom. The lowest BCUT2D eigenvalue weighted by molar-refractivity contribution is 0.0933. The minimum atomic E-state index is -0.0623. The summed E-state index contributed by atoms with van der Waals surface area (Å²) in [5.41, 5.74) is 1.54. The molecule has 0 radical (unpaired) electrons. The zero-order valence-electron chi connectivity index (χ0n) is 11.4. The smallest absolute Gasteiger partial charge is 0.254 e. The van der Waals surface area contributed by atoms with Gasteiger partial charge in [-0.05, 0) is 24.6 Å². The molecule has 3 rings (SSSR count). The van der Waals surface area contributed by atoms with Crippen LogP contribution >= 0.6 is 0 Å². The highest BCUT2D eigenvalue weighted by Crippen LogP contribution is 2.10. The molecule has 104 valence electrons. The summed E-state index contributed by atoms with van der Waals surface area (Å²) in [6.07, 6.45) is 3.37. The van der Waals surface area contributed by atoms with E-state index in [-0.39, 0.29) is 11.9 Å². The SMILES string of the molecule is CC1CNCC1NC(=O)c1cnn(-c2ccccc2)c1. The number of hydrogen-bond donors (Lipinski definition) is 2. The van der Waals surface area contributed by atoms with E-state index >= 15 is 0 Å². The van der Waals surface area contributed by atoms with Crippen molar-refractivity contribution in [3.05, 3.63) is 48.3 Å². The largest absolute Gasteiger partial charge is 0.348 e. The van der Waals surface area contributed by atoms with Crippen molar-refractivity contribution in [3.63, 3.8) is 0 Å². The van der Waals surface area contributed by atoms with Gasteiger partial charge in [0.25, 0.3) is 5.91 Å². The average Bonchev–Trinajstić information content (AvgIpc) is 3.10. The molecular weight excluding hydrogens is 252 g/mol. The number of rotatable bonds is 3. The maximum absolute atomic E-state index is 12.2. The molecule has 1 aromatic carbocycles. The van der Waals surface area contributed by atoms with E-state index in [4.69, 9.17) is 0 Å². The van der Waals surface area contributed by atoms with Crippen molar-refractivity contribution < 1.29 is 4.79 Å². The summed E-state index contributed by atoms with van der Waals surface area (Å²) in [7, 11) is 0. The van der Waals surface area contributed by atoms with E-state index in [2.05, 4.69) is 22.7 Å². The molecule has 2 N–H and O–H groups in total. The Kier molecular flexibility index (Phi) is 3.52. The van der Waals surface area contributed by atoms with Crippen LogP contribution in [0, 0.1) is 5.92 Å². The van der Waals surface area contributed by atoms with Crippen LogP contribution in [0.5, 0.6) is 0 Å². The summed E-state index contributed by atoms with van der Waals surface area (Å²) in [6, 6.07) is 9.96. The van der Waals surface area contributed by atoms with Crippen molar-refractivity contribution in [2.75, 3.05) is 13.1 Å². The second-order valence-corrected chi connectivity index (χ2v) is 5.22. The summed E-state index contributed by atoms with van der Waals surface area (Å²) >= 11 is 0. The monoisotopic (exact) mass is 270 g/mol. The molecule has 5 heteroatoms. The number of carbonyl (C=O) groups is 1. The fourth-order valence-corrected chi connectivity index (χ4v) is 2.42. The van der Waals surface area contributed by atoms with Crippen LogP contribution in [0.4, 0.5) is 0 Å². The predicted molar refractivity (Wildman–Crippen MR) is 76.9 cm³/mol. The minimum Gasteiger partial charge on any atom is -0.348 e. The molecule has 1 aliphatic rings. The fourth-order valence-electron chi connectivity index (χ4n) is 2.42. The molecule has 1 aromatic heterocycles. The lowest BCUT2D eigenvalue weighted by atomic mass is 10.1. The van der Waals surface area contributed by atoms with E-state index in [0.29, 0.717) is 11.5 Å². The van der Waals surface area contributed by atoms with E-state index in [1.807, 2.05) is 30.3 Å². The Labute approximate surface area is 118 Å². The van der Waals surface area contributed by atoms with Gasteiger partial charge in [-0.2, -0.15) is 5.10 Å². The minimum absolute atomic E-state index is 0.0623. The Balaban J connectivity index is 1.72. The van der Waals surface area contributed by atoms with Crippen molar-refractivity contribution in [3.8, 4) is 5.69 Å². The maximum atomic E-state index is 12.2. The van der Waals surface area contributed by atoms with Crippen LogP contribution in [-0.4, -0.2) is 34.8 Å². The van der Waals surface area contributed by atoms with Gasteiger partial charge in [0, 0.05) is 18.8 Å². The first-order valence-electron chi connectivity index (χ1n) is 6.86. The summed E-state index contributed by atoms with van der Waals surface area (Å²) < 4.78 is 1.71. The van der Waals surface area contributed by atoms with Gasteiger partial charge in [0.05, 0.1) is 17.4 Å². The first kappa shape index (κ1) is 12.9. The molecule has 1 saturated heterocycles. The highest BCUT2D eigenvalue weighted by Gasteiger charge is 2.25. The molecular formula is C15H18N4O. The number of aromatic nitrogens is 2. The van der Waals surface area contributed by atoms with Crippen molar-refractivity contribution in [1.82, 2.24) is 20.4 Å². The molecule has 1 fully saturated rings. The molecule has 2 aromatic rings. The Bertz CT molecular complexity index is 593. The fraction of sp³-hybridized carbons (Fsp3) is 0.333. The first-order valence-corrected chi connectivity index (χ1v) is 6.86. The van der Waals surface area contributed by atoms with Crippen LogP contribution < -0.4 is 10.6 Å². The number of para-hydroxylation sites is 1. The molecule has 2 unspecified atom stereocenters. The van der Waals surface area contributed by atoms with Gasteiger partial charge in [-0.1, -0.05) is 25.1 Å². The second kappa shape index (κ2) is 5.46. The van der Waals surface area contributed by atoms with Gasteiger partial charge in [-0.25, -0.2) is 4.68 Å². The van der Waals surface area contributed by atoms with E-state index in [9.17, 15) is 4.79 Å². The molecule has 2 heterocycles. The number of benzene rings is 1. The third kappa shape index (κ3) is 2.58. The number of nitrogens with zero attached hydrogens (tertiary/aromatic N) is 2. The van der Waals surface area contributed by atoms with Crippen molar-refractivity contribution >= 4 is 5.91 Å². The molecule has 2 atom stereocenters. The lowest BCUT2D eigenvalue weighted by Crippen LogP contribution is -2.39. The van der Waals surface area contributed by atoms with Gasteiger partial charge < -0.3 is 10.6 Å². The first-order chi connectivity index (χ1) is 9.74. The topological polar surface area (TPSA) is 58.9 Å². The summed E-state index contributed by atoms with van der Waals surface area (Å²) in [5, 5.41) is 10.6. The second-order valence-electron chi connectivity index (χ2n) is 5.22. The Hall–Kier alpha value is -2.14. The molecule has 1 amide bonds. The van der Waals surface area contributed by atoms with Gasteiger partial charge >= 0.3 is 0 Å². The Morgan fingerprint density at radius 3 is 2.85 bits per heavy atom. The van der Waals surface area contributed by atoms with Gasteiger partial charge in [0.2, 0.25) is 0 Å². The van der Waals surface area contributed by atoms with Crippen LogP contribution in [0.15, 0.2) is 42.7 Å². The van der Waals surface area contributed by atoms with E-state index in [0.717, 1.165) is 18.8 Å². The van der Waals surface area contributed by atoms with Crippen LogP contribution in [-0.2, 0) is 0 Å². The maximum Gasteiger partial charge on any atom is 0.254 e. The number of carbonyl (C=O) groups excluding carboxylic acids is 1. The highest BCUT2D eigenvalue weighted by atomic mass is 16.1. The van der Waals surface area contributed by atoms with Crippen LogP contribution in [0.1, 0.15) is 17.3 Å². The van der Waals surface area contributed by atoms with Gasteiger partial charge in [-0.15, -0.1) is 0 Å². The van der Waals surface area contributed by atoms with Crippen molar-refractivity contribution in [2.45, 2.75) is 13.0 Å².